The highest BCUT2D eigenvalue weighted by atomic mass is 19.4. The molecule has 0 spiro atoms. The van der Waals surface area contributed by atoms with Crippen LogP contribution < -0.4 is 5.32 Å². The predicted octanol–water partition coefficient (Wildman–Crippen LogP) is 4.34. The van der Waals surface area contributed by atoms with Crippen LogP contribution in [0.2, 0.25) is 0 Å². The molecule has 0 unspecified atom stereocenters. The lowest BCUT2D eigenvalue weighted by atomic mass is 9.91. The lowest BCUT2D eigenvalue weighted by Gasteiger charge is -2.35. The van der Waals surface area contributed by atoms with Gasteiger partial charge in [-0.25, -0.2) is 4.39 Å². The summed E-state index contributed by atoms with van der Waals surface area (Å²) in [5.41, 5.74) is -6.06. The highest BCUT2D eigenvalue weighted by Crippen LogP contribution is 2.50. The third-order valence-corrected chi connectivity index (χ3v) is 6.38. The normalized spacial score (nSPS) is 15.2. The smallest absolute Gasteiger partial charge is 0.369 e. The van der Waals surface area contributed by atoms with Crippen molar-refractivity contribution in [1.29, 1.82) is 0 Å². The van der Waals surface area contributed by atoms with Gasteiger partial charge in [0.15, 0.2) is 0 Å². The van der Waals surface area contributed by atoms with Gasteiger partial charge < -0.3 is 19.8 Å². The fourth-order valence-electron chi connectivity index (χ4n) is 4.16. The fourth-order valence-corrected chi connectivity index (χ4v) is 4.16. The van der Waals surface area contributed by atoms with Gasteiger partial charge in [-0.3, -0.25) is 14.5 Å². The molecule has 0 saturated carbocycles. The largest absolute Gasteiger partial charge is 0.430 e. The number of rotatable bonds is 6. The van der Waals surface area contributed by atoms with Gasteiger partial charge in [-0.1, -0.05) is 29.4 Å². The summed E-state index contributed by atoms with van der Waals surface area (Å²) in [6.07, 6.45) is -10.7. The quantitative estimate of drug-likeness (QED) is 0.426. The van der Waals surface area contributed by atoms with Gasteiger partial charge in [-0.05, 0) is 23.8 Å². The van der Waals surface area contributed by atoms with Gasteiger partial charge >= 0.3 is 12.4 Å². The van der Waals surface area contributed by atoms with E-state index in [1.807, 2.05) is 4.90 Å². The monoisotopic (exact) mass is 574 g/mol. The van der Waals surface area contributed by atoms with Crippen LogP contribution in [-0.2, 0) is 12.1 Å². The SMILES string of the molecule is O=C(Nc1ccc(C(=O)N2CCN(Cc3ccc(C(O)(C(F)(F)F)C(F)(F)F)cc3)CC2)cc1F)c1ccno1. The van der Waals surface area contributed by atoms with Gasteiger partial charge in [0.25, 0.3) is 17.4 Å². The third kappa shape index (κ3) is 5.79. The van der Waals surface area contributed by atoms with Gasteiger partial charge in [-0.15, -0.1) is 0 Å². The number of halogens is 7. The maximum absolute atomic E-state index is 14.5. The number of alkyl halides is 6. The number of aliphatic hydroxyl groups is 1. The molecule has 1 aromatic heterocycles. The van der Waals surface area contributed by atoms with Gasteiger partial charge in [0.05, 0.1) is 11.9 Å². The molecule has 2 N–H and O–H groups in total. The molecule has 0 radical (unpaired) electrons. The number of carbonyl (C=O) groups excluding carboxylic acids is 2. The van der Waals surface area contributed by atoms with Crippen LogP contribution in [0.25, 0.3) is 0 Å². The molecular weight excluding hydrogens is 553 g/mol. The van der Waals surface area contributed by atoms with E-state index in [0.29, 0.717) is 30.8 Å². The van der Waals surface area contributed by atoms with Crippen LogP contribution in [0.5, 0.6) is 0 Å². The van der Waals surface area contributed by atoms with Crippen molar-refractivity contribution in [1.82, 2.24) is 15.0 Å². The number of hydrogen-bond acceptors (Lipinski definition) is 6. The second-order valence-electron chi connectivity index (χ2n) is 9.00. The molecule has 1 saturated heterocycles. The Hall–Kier alpha value is -3.98. The van der Waals surface area contributed by atoms with E-state index in [4.69, 9.17) is 4.52 Å². The van der Waals surface area contributed by atoms with Crippen molar-refractivity contribution in [2.75, 3.05) is 31.5 Å². The molecule has 8 nitrogen and oxygen atoms in total. The minimum absolute atomic E-state index is 0.0426. The molecule has 2 amide bonds. The second kappa shape index (κ2) is 10.9. The number of hydrogen-bond donors (Lipinski definition) is 2. The summed E-state index contributed by atoms with van der Waals surface area (Å²) < 4.78 is 97.7. The van der Waals surface area contributed by atoms with E-state index in [1.54, 1.807) is 0 Å². The first-order valence-electron chi connectivity index (χ1n) is 11.7. The van der Waals surface area contributed by atoms with Crippen LogP contribution in [0.3, 0.4) is 0 Å². The Morgan fingerprint density at radius 2 is 1.55 bits per heavy atom. The Labute approximate surface area is 222 Å². The van der Waals surface area contributed by atoms with Gasteiger partial charge in [-0.2, -0.15) is 26.3 Å². The molecule has 214 valence electrons. The number of nitrogens with zero attached hydrogens (tertiary/aromatic N) is 3. The van der Waals surface area contributed by atoms with Crippen molar-refractivity contribution >= 4 is 17.5 Å². The van der Waals surface area contributed by atoms with Crippen LogP contribution >= 0.6 is 0 Å². The Kier molecular flexibility index (Phi) is 7.90. The van der Waals surface area contributed by atoms with E-state index < -0.39 is 41.1 Å². The summed E-state index contributed by atoms with van der Waals surface area (Å²) in [5.74, 6) is -2.16. The minimum atomic E-state index is -5.97. The Balaban J connectivity index is 1.34. The van der Waals surface area contributed by atoms with E-state index in [9.17, 15) is 45.4 Å². The van der Waals surface area contributed by atoms with E-state index in [-0.39, 0.29) is 36.6 Å². The Morgan fingerprint density at radius 1 is 0.925 bits per heavy atom. The maximum atomic E-state index is 14.5. The first-order chi connectivity index (χ1) is 18.7. The minimum Gasteiger partial charge on any atom is -0.369 e. The van der Waals surface area contributed by atoms with Crippen molar-refractivity contribution in [3.8, 4) is 0 Å². The first-order valence-corrected chi connectivity index (χ1v) is 11.7. The lowest BCUT2D eigenvalue weighted by molar-refractivity contribution is -0.376. The average Bonchev–Trinajstić information content (AvgIpc) is 3.44. The number of anilines is 1. The number of nitrogens with one attached hydrogen (secondary N) is 1. The summed E-state index contributed by atoms with van der Waals surface area (Å²) in [7, 11) is 0. The Bertz CT molecular complexity index is 1340. The summed E-state index contributed by atoms with van der Waals surface area (Å²) in [6, 6.07) is 8.16. The van der Waals surface area contributed by atoms with Gasteiger partial charge in [0, 0.05) is 49.9 Å². The van der Waals surface area contributed by atoms with Crippen LogP contribution in [0, 0.1) is 5.82 Å². The van der Waals surface area contributed by atoms with Crippen LogP contribution in [0.4, 0.5) is 36.4 Å². The van der Waals surface area contributed by atoms with Crippen LogP contribution in [-0.4, -0.2) is 70.4 Å². The van der Waals surface area contributed by atoms with Gasteiger partial charge in [0.1, 0.15) is 5.82 Å². The summed E-state index contributed by atoms with van der Waals surface area (Å²) in [4.78, 5) is 28.2. The third-order valence-electron chi connectivity index (χ3n) is 6.38. The van der Waals surface area contributed by atoms with Crippen molar-refractivity contribution in [2.45, 2.75) is 24.5 Å². The summed E-state index contributed by atoms with van der Waals surface area (Å²) >= 11 is 0. The molecular formula is C25H21F7N4O4. The van der Waals surface area contributed by atoms with E-state index >= 15 is 0 Å². The zero-order chi connectivity index (χ0) is 29.3. The van der Waals surface area contributed by atoms with E-state index in [1.165, 1.54) is 29.3 Å². The molecule has 1 aliphatic heterocycles. The summed E-state index contributed by atoms with van der Waals surface area (Å²) in [5, 5.41) is 15.2. The van der Waals surface area contributed by atoms with Gasteiger partial charge in [0.2, 0.25) is 5.76 Å². The highest BCUT2D eigenvalue weighted by molar-refractivity contribution is 6.02. The maximum Gasteiger partial charge on any atom is 0.430 e. The highest BCUT2D eigenvalue weighted by Gasteiger charge is 2.71. The molecule has 2 heterocycles. The predicted molar refractivity (Wildman–Crippen MR) is 124 cm³/mol. The first kappa shape index (κ1) is 29.0. The fraction of sp³-hybridized carbons (Fsp3) is 0.320. The standard InChI is InChI=1S/C25H21F7N4O4/c26-18-13-16(3-6-19(18)34-21(37)20-7-8-33-40-20)22(38)36-11-9-35(10-12-36)14-15-1-4-17(5-2-15)23(39,24(27,28)29)25(30,31)32/h1-8,13,39H,9-12,14H2,(H,34,37). The second-order valence-corrected chi connectivity index (χ2v) is 9.00. The molecule has 1 aliphatic rings. The molecule has 0 atom stereocenters. The molecule has 15 heteroatoms. The number of piperazine rings is 1. The van der Waals surface area contributed by atoms with Crippen molar-refractivity contribution in [2.24, 2.45) is 0 Å². The molecule has 0 aliphatic carbocycles. The van der Waals surface area contributed by atoms with Crippen LogP contribution in [0.15, 0.2) is 59.3 Å². The zero-order valence-electron chi connectivity index (χ0n) is 20.4. The van der Waals surface area contributed by atoms with E-state index in [0.717, 1.165) is 18.2 Å². The number of aromatic nitrogens is 1. The van der Waals surface area contributed by atoms with Crippen molar-refractivity contribution in [3.63, 3.8) is 0 Å². The summed E-state index contributed by atoms with van der Waals surface area (Å²) in [6.45, 7) is 1.29. The molecule has 40 heavy (non-hydrogen) atoms. The van der Waals surface area contributed by atoms with Crippen molar-refractivity contribution in [3.05, 3.63) is 83.0 Å². The Morgan fingerprint density at radius 3 is 2.08 bits per heavy atom. The lowest BCUT2D eigenvalue weighted by Crippen LogP contribution is -2.53. The van der Waals surface area contributed by atoms with Crippen molar-refractivity contribution < 1.29 is 50.0 Å². The molecule has 2 aromatic carbocycles. The number of benzene rings is 2. The van der Waals surface area contributed by atoms with E-state index in [2.05, 4.69) is 10.5 Å². The molecule has 4 rings (SSSR count). The zero-order valence-corrected chi connectivity index (χ0v) is 20.4. The molecule has 1 fully saturated rings. The van der Waals surface area contributed by atoms with Crippen LogP contribution in [0.1, 0.15) is 32.0 Å². The number of carbonyl (C=O) groups is 2. The number of amides is 2. The average molecular weight is 574 g/mol. The molecule has 3 aromatic rings. The molecule has 0 bridgehead atoms. The topological polar surface area (TPSA) is 98.9 Å².